The Morgan fingerprint density at radius 1 is 1.31 bits per heavy atom. The maximum atomic E-state index is 4.05. The summed E-state index contributed by atoms with van der Waals surface area (Å²) in [5.41, 5.74) is 0. The van der Waals surface area contributed by atoms with E-state index in [0.717, 1.165) is 0 Å². The van der Waals surface area contributed by atoms with Crippen molar-refractivity contribution in [3.8, 4) is 0 Å². The number of nitrogens with zero attached hydrogens (tertiary/aromatic N) is 2. The number of hydrogen-bond donors (Lipinski definition) is 0. The van der Waals surface area contributed by atoms with Crippen LogP contribution in [0.1, 0.15) is 52.0 Å². The fourth-order valence-corrected chi connectivity index (χ4v) is 1.55. The van der Waals surface area contributed by atoms with Crippen LogP contribution in [0, 0.1) is 0 Å². The Balaban J connectivity index is 2.15. The number of imidazole rings is 1. The van der Waals surface area contributed by atoms with E-state index in [9.17, 15) is 0 Å². The number of unbranched alkanes of at least 4 members (excludes halogenated alkanes) is 3. The summed E-state index contributed by atoms with van der Waals surface area (Å²) in [6.07, 6.45) is 12.5. The fourth-order valence-electron chi connectivity index (χ4n) is 1.55. The lowest BCUT2D eigenvalue weighted by molar-refractivity contribution is 0.472. The van der Waals surface area contributed by atoms with Crippen molar-refractivity contribution >= 4 is 0 Å². The zero-order valence-corrected chi connectivity index (χ0v) is 8.74. The summed E-state index contributed by atoms with van der Waals surface area (Å²) in [7, 11) is 0. The van der Waals surface area contributed by atoms with Gasteiger partial charge in [0.25, 0.3) is 0 Å². The topological polar surface area (TPSA) is 17.8 Å². The van der Waals surface area contributed by atoms with Crippen molar-refractivity contribution in [3.63, 3.8) is 0 Å². The van der Waals surface area contributed by atoms with Crippen LogP contribution in [0.4, 0.5) is 0 Å². The summed E-state index contributed by atoms with van der Waals surface area (Å²) in [5, 5.41) is 0. The van der Waals surface area contributed by atoms with Gasteiger partial charge in [-0.25, -0.2) is 4.98 Å². The maximum absolute atomic E-state index is 4.05. The van der Waals surface area contributed by atoms with Crippen LogP contribution in [0.25, 0.3) is 0 Å². The van der Waals surface area contributed by atoms with E-state index >= 15 is 0 Å². The number of aromatic nitrogens is 2. The third kappa shape index (κ3) is 3.62. The summed E-state index contributed by atoms with van der Waals surface area (Å²) >= 11 is 0. The van der Waals surface area contributed by atoms with Gasteiger partial charge >= 0.3 is 0 Å². The highest BCUT2D eigenvalue weighted by Gasteiger charge is 2.01. The van der Waals surface area contributed by atoms with Gasteiger partial charge in [0.2, 0.25) is 0 Å². The molecule has 1 aromatic heterocycles. The molecule has 0 aliphatic rings. The second kappa shape index (κ2) is 5.79. The minimum Gasteiger partial charge on any atom is -0.335 e. The zero-order valence-electron chi connectivity index (χ0n) is 8.74. The van der Waals surface area contributed by atoms with Crippen molar-refractivity contribution in [2.45, 2.75) is 52.0 Å². The van der Waals surface area contributed by atoms with Crippen molar-refractivity contribution < 1.29 is 0 Å². The molecule has 1 atom stereocenters. The molecule has 13 heavy (non-hydrogen) atoms. The third-order valence-corrected chi connectivity index (χ3v) is 2.51. The van der Waals surface area contributed by atoms with Gasteiger partial charge in [-0.05, 0) is 13.3 Å². The highest BCUT2D eigenvalue weighted by molar-refractivity contribution is 4.78. The molecule has 0 fully saturated rings. The van der Waals surface area contributed by atoms with E-state index in [-0.39, 0.29) is 0 Å². The Morgan fingerprint density at radius 3 is 2.77 bits per heavy atom. The molecule has 0 spiro atoms. The standard InChI is InChI=1S/C11H20N2/c1-3-4-5-6-7-11(2)13-9-8-12-10-13/h8-11H,3-7H2,1-2H3/t11-/m0/s1. The first-order chi connectivity index (χ1) is 6.34. The van der Waals surface area contributed by atoms with E-state index in [1.807, 2.05) is 18.7 Å². The average molecular weight is 180 g/mol. The average Bonchev–Trinajstić information content (AvgIpc) is 2.65. The van der Waals surface area contributed by atoms with Gasteiger partial charge in [0.1, 0.15) is 0 Å². The van der Waals surface area contributed by atoms with Crippen molar-refractivity contribution in [3.05, 3.63) is 18.7 Å². The largest absolute Gasteiger partial charge is 0.335 e. The molecule has 0 amide bonds. The van der Waals surface area contributed by atoms with Gasteiger partial charge in [0.15, 0.2) is 0 Å². The second-order valence-corrected chi connectivity index (χ2v) is 3.71. The first-order valence-electron chi connectivity index (χ1n) is 5.32. The molecule has 0 N–H and O–H groups in total. The number of rotatable bonds is 6. The number of hydrogen-bond acceptors (Lipinski definition) is 1. The Kier molecular flexibility index (Phi) is 4.58. The molecule has 0 unspecified atom stereocenters. The van der Waals surface area contributed by atoms with Crippen LogP contribution in [0.3, 0.4) is 0 Å². The van der Waals surface area contributed by atoms with Crippen molar-refractivity contribution in [2.75, 3.05) is 0 Å². The van der Waals surface area contributed by atoms with Gasteiger partial charge in [0.05, 0.1) is 6.33 Å². The molecule has 0 aliphatic carbocycles. The first kappa shape index (κ1) is 10.3. The molecule has 0 radical (unpaired) electrons. The SMILES string of the molecule is CCCCCC[C@H](C)n1ccnc1. The highest BCUT2D eigenvalue weighted by atomic mass is 15.0. The van der Waals surface area contributed by atoms with E-state index in [1.54, 1.807) is 0 Å². The molecule has 0 aliphatic heterocycles. The van der Waals surface area contributed by atoms with Crippen molar-refractivity contribution in [1.82, 2.24) is 9.55 Å². The summed E-state index contributed by atoms with van der Waals surface area (Å²) in [5.74, 6) is 0. The van der Waals surface area contributed by atoms with Crippen LogP contribution in [0.15, 0.2) is 18.7 Å². The van der Waals surface area contributed by atoms with E-state index in [4.69, 9.17) is 0 Å². The predicted molar refractivity (Wildman–Crippen MR) is 55.7 cm³/mol. The molecule has 0 bridgehead atoms. The van der Waals surface area contributed by atoms with Crippen LogP contribution in [-0.4, -0.2) is 9.55 Å². The molecular formula is C11H20N2. The van der Waals surface area contributed by atoms with Gasteiger partial charge in [-0.1, -0.05) is 32.6 Å². The molecule has 74 valence electrons. The van der Waals surface area contributed by atoms with E-state index in [2.05, 4.69) is 23.4 Å². The Bertz CT molecular complexity index is 204. The molecule has 2 nitrogen and oxygen atoms in total. The van der Waals surface area contributed by atoms with Crippen LogP contribution >= 0.6 is 0 Å². The first-order valence-corrected chi connectivity index (χ1v) is 5.32. The minimum atomic E-state index is 0.611. The van der Waals surface area contributed by atoms with Gasteiger partial charge < -0.3 is 4.57 Å². The Hall–Kier alpha value is -0.790. The van der Waals surface area contributed by atoms with Gasteiger partial charge in [0, 0.05) is 18.4 Å². The smallest absolute Gasteiger partial charge is 0.0948 e. The molecule has 1 aromatic rings. The monoisotopic (exact) mass is 180 g/mol. The molecule has 0 aromatic carbocycles. The quantitative estimate of drug-likeness (QED) is 0.613. The Morgan fingerprint density at radius 2 is 2.15 bits per heavy atom. The minimum absolute atomic E-state index is 0.611. The molecule has 1 rings (SSSR count). The molecular weight excluding hydrogens is 160 g/mol. The third-order valence-electron chi connectivity index (χ3n) is 2.51. The van der Waals surface area contributed by atoms with Gasteiger partial charge in [-0.3, -0.25) is 0 Å². The molecule has 1 heterocycles. The zero-order chi connectivity index (χ0) is 9.52. The van der Waals surface area contributed by atoms with E-state index in [1.165, 1.54) is 32.1 Å². The summed E-state index contributed by atoms with van der Waals surface area (Å²) in [6, 6.07) is 0.611. The van der Waals surface area contributed by atoms with Crippen LogP contribution in [-0.2, 0) is 0 Å². The van der Waals surface area contributed by atoms with Crippen molar-refractivity contribution in [1.29, 1.82) is 0 Å². The summed E-state index contributed by atoms with van der Waals surface area (Å²) in [6.45, 7) is 4.51. The highest BCUT2D eigenvalue weighted by Crippen LogP contribution is 2.14. The lowest BCUT2D eigenvalue weighted by Gasteiger charge is -2.11. The van der Waals surface area contributed by atoms with Crippen LogP contribution in [0.2, 0.25) is 0 Å². The van der Waals surface area contributed by atoms with E-state index < -0.39 is 0 Å². The second-order valence-electron chi connectivity index (χ2n) is 3.71. The molecule has 0 saturated carbocycles. The van der Waals surface area contributed by atoms with Crippen LogP contribution in [0.5, 0.6) is 0 Å². The maximum Gasteiger partial charge on any atom is 0.0948 e. The molecule has 0 saturated heterocycles. The fraction of sp³-hybridized carbons (Fsp3) is 0.727. The lowest BCUT2D eigenvalue weighted by Crippen LogP contribution is -2.01. The van der Waals surface area contributed by atoms with Gasteiger partial charge in [-0.2, -0.15) is 0 Å². The lowest BCUT2D eigenvalue weighted by atomic mass is 10.1. The van der Waals surface area contributed by atoms with Crippen molar-refractivity contribution in [2.24, 2.45) is 0 Å². The van der Waals surface area contributed by atoms with Crippen LogP contribution < -0.4 is 0 Å². The Labute approximate surface area is 81.0 Å². The summed E-state index contributed by atoms with van der Waals surface area (Å²) < 4.78 is 2.19. The molecule has 2 heteroatoms. The van der Waals surface area contributed by atoms with Gasteiger partial charge in [-0.15, -0.1) is 0 Å². The summed E-state index contributed by atoms with van der Waals surface area (Å²) in [4.78, 5) is 4.05. The predicted octanol–water partition coefficient (Wildman–Crippen LogP) is 3.41. The normalized spacial score (nSPS) is 13.1. The van der Waals surface area contributed by atoms with E-state index in [0.29, 0.717) is 6.04 Å².